The Balaban J connectivity index is 2.69. The van der Waals surface area contributed by atoms with Crippen LogP contribution in [0.1, 0.15) is 19.4 Å². The molecule has 0 bridgehead atoms. The summed E-state index contributed by atoms with van der Waals surface area (Å²) in [6.07, 6.45) is 0. The highest BCUT2D eigenvalue weighted by molar-refractivity contribution is 9.10. The van der Waals surface area contributed by atoms with E-state index in [4.69, 9.17) is 4.74 Å². The highest BCUT2D eigenvalue weighted by Gasteiger charge is 2.08. The maximum atomic E-state index is 9.29. The molecule has 0 spiro atoms. The molecule has 90 valence electrons. The van der Waals surface area contributed by atoms with Crippen LogP contribution in [0.2, 0.25) is 0 Å². The molecule has 0 aromatic heterocycles. The van der Waals surface area contributed by atoms with Crippen molar-refractivity contribution < 1.29 is 9.84 Å². The molecule has 4 heteroatoms. The summed E-state index contributed by atoms with van der Waals surface area (Å²) in [5.74, 6) is 0. The zero-order valence-electron chi connectivity index (χ0n) is 9.66. The molecule has 0 heterocycles. The second-order valence-electron chi connectivity index (χ2n) is 3.63. The first-order chi connectivity index (χ1) is 7.69. The van der Waals surface area contributed by atoms with Gasteiger partial charge in [-0.05, 0) is 26.0 Å². The van der Waals surface area contributed by atoms with Crippen LogP contribution in [0.15, 0.2) is 22.7 Å². The minimum atomic E-state index is 0.0190. The van der Waals surface area contributed by atoms with E-state index in [1.165, 1.54) is 0 Å². The number of aliphatic hydroxyl groups is 1. The maximum Gasteiger partial charge on any atom is 0.0713 e. The summed E-state index contributed by atoms with van der Waals surface area (Å²) < 4.78 is 6.25. The number of hydrogen-bond donors (Lipinski definition) is 2. The van der Waals surface area contributed by atoms with E-state index in [2.05, 4.69) is 28.2 Å². The van der Waals surface area contributed by atoms with Crippen molar-refractivity contribution in [1.29, 1.82) is 0 Å². The zero-order chi connectivity index (χ0) is 12.0. The molecule has 0 amide bonds. The average Bonchev–Trinajstić information content (AvgIpc) is 2.27. The summed E-state index contributed by atoms with van der Waals surface area (Å²) in [5.41, 5.74) is 1.83. The third kappa shape index (κ3) is 3.77. The van der Waals surface area contributed by atoms with Crippen LogP contribution in [-0.4, -0.2) is 24.4 Å². The van der Waals surface area contributed by atoms with Crippen LogP contribution in [0, 0.1) is 0 Å². The number of aliphatic hydroxyl groups excluding tert-OH is 1. The van der Waals surface area contributed by atoms with Crippen molar-refractivity contribution in [3.63, 3.8) is 0 Å². The van der Waals surface area contributed by atoms with Gasteiger partial charge in [0.25, 0.3) is 0 Å². The number of hydrogen-bond acceptors (Lipinski definition) is 3. The summed E-state index contributed by atoms with van der Waals surface area (Å²) in [5, 5.41) is 12.6. The molecule has 0 saturated heterocycles. The minimum Gasteiger partial charge on any atom is -0.392 e. The van der Waals surface area contributed by atoms with E-state index in [1.807, 2.05) is 25.1 Å². The van der Waals surface area contributed by atoms with Gasteiger partial charge in [0.2, 0.25) is 0 Å². The molecule has 0 aliphatic carbocycles. The van der Waals surface area contributed by atoms with Gasteiger partial charge in [-0.3, -0.25) is 0 Å². The van der Waals surface area contributed by atoms with Gasteiger partial charge in [0, 0.05) is 28.4 Å². The lowest BCUT2D eigenvalue weighted by atomic mass is 10.1. The summed E-state index contributed by atoms with van der Waals surface area (Å²) in [4.78, 5) is 0. The first-order valence-electron chi connectivity index (χ1n) is 5.41. The van der Waals surface area contributed by atoms with Gasteiger partial charge in [-0.1, -0.05) is 22.0 Å². The Hall–Kier alpha value is -0.580. The van der Waals surface area contributed by atoms with E-state index >= 15 is 0 Å². The van der Waals surface area contributed by atoms with Gasteiger partial charge in [0.05, 0.1) is 13.2 Å². The highest BCUT2D eigenvalue weighted by Crippen LogP contribution is 2.25. The molecule has 1 aromatic carbocycles. The van der Waals surface area contributed by atoms with Crippen molar-refractivity contribution in [2.24, 2.45) is 0 Å². The maximum absolute atomic E-state index is 9.29. The molecule has 0 saturated carbocycles. The molecule has 1 aromatic rings. The van der Waals surface area contributed by atoms with Gasteiger partial charge in [0.1, 0.15) is 0 Å². The summed E-state index contributed by atoms with van der Waals surface area (Å²) in [6, 6.07) is 6.04. The largest absolute Gasteiger partial charge is 0.392 e. The van der Waals surface area contributed by atoms with Crippen molar-refractivity contribution in [3.05, 3.63) is 28.2 Å². The molecule has 0 aliphatic rings. The fourth-order valence-electron chi connectivity index (χ4n) is 1.46. The third-order valence-electron chi connectivity index (χ3n) is 2.25. The predicted molar refractivity (Wildman–Crippen MR) is 69.6 cm³/mol. The molecule has 0 fully saturated rings. The van der Waals surface area contributed by atoms with E-state index < -0.39 is 0 Å². The lowest BCUT2D eigenvalue weighted by molar-refractivity contribution is 0.141. The van der Waals surface area contributed by atoms with E-state index in [0.717, 1.165) is 22.3 Å². The molecule has 1 rings (SSSR count). The molecule has 0 aliphatic heterocycles. The van der Waals surface area contributed by atoms with Gasteiger partial charge in [-0.2, -0.15) is 0 Å². The van der Waals surface area contributed by atoms with Crippen molar-refractivity contribution in [1.82, 2.24) is 0 Å². The lowest BCUT2D eigenvalue weighted by Gasteiger charge is -2.18. The Morgan fingerprint density at radius 3 is 2.88 bits per heavy atom. The third-order valence-corrected chi connectivity index (χ3v) is 2.99. The Morgan fingerprint density at radius 1 is 1.50 bits per heavy atom. The first kappa shape index (κ1) is 13.5. The topological polar surface area (TPSA) is 41.5 Å². The summed E-state index contributed by atoms with van der Waals surface area (Å²) in [7, 11) is 0. The number of benzene rings is 1. The summed E-state index contributed by atoms with van der Waals surface area (Å²) >= 11 is 3.42. The summed E-state index contributed by atoms with van der Waals surface area (Å²) in [6.45, 7) is 5.43. The standard InChI is InChI=1S/C12H18BrNO2/c1-3-16-8-9(2)14-12-6-4-5-11(13)10(12)7-15/h4-6,9,14-15H,3,7-8H2,1-2H3. The van der Waals surface area contributed by atoms with Crippen LogP contribution in [-0.2, 0) is 11.3 Å². The van der Waals surface area contributed by atoms with Gasteiger partial charge in [-0.25, -0.2) is 0 Å². The highest BCUT2D eigenvalue weighted by atomic mass is 79.9. The molecule has 1 atom stereocenters. The van der Waals surface area contributed by atoms with Crippen molar-refractivity contribution >= 4 is 21.6 Å². The van der Waals surface area contributed by atoms with Crippen LogP contribution in [0.25, 0.3) is 0 Å². The van der Waals surface area contributed by atoms with Crippen LogP contribution in [0.5, 0.6) is 0 Å². The van der Waals surface area contributed by atoms with E-state index in [1.54, 1.807) is 0 Å². The second-order valence-corrected chi connectivity index (χ2v) is 4.48. The Labute approximate surface area is 105 Å². The van der Waals surface area contributed by atoms with Crippen LogP contribution in [0.4, 0.5) is 5.69 Å². The normalized spacial score (nSPS) is 12.5. The number of rotatable bonds is 6. The quantitative estimate of drug-likeness (QED) is 0.845. The van der Waals surface area contributed by atoms with Crippen LogP contribution in [0.3, 0.4) is 0 Å². The molecule has 0 radical (unpaired) electrons. The Morgan fingerprint density at radius 2 is 2.25 bits per heavy atom. The van der Waals surface area contributed by atoms with Crippen LogP contribution < -0.4 is 5.32 Å². The number of nitrogens with one attached hydrogen (secondary N) is 1. The van der Waals surface area contributed by atoms with Crippen molar-refractivity contribution in [2.75, 3.05) is 18.5 Å². The second kappa shape index (κ2) is 6.89. The van der Waals surface area contributed by atoms with Gasteiger partial charge >= 0.3 is 0 Å². The van der Waals surface area contributed by atoms with E-state index in [9.17, 15) is 5.11 Å². The SMILES string of the molecule is CCOCC(C)Nc1cccc(Br)c1CO. The fraction of sp³-hybridized carbons (Fsp3) is 0.500. The molecular formula is C12H18BrNO2. The monoisotopic (exact) mass is 287 g/mol. The average molecular weight is 288 g/mol. The molecule has 2 N–H and O–H groups in total. The molecular weight excluding hydrogens is 270 g/mol. The smallest absolute Gasteiger partial charge is 0.0713 e. The van der Waals surface area contributed by atoms with Crippen molar-refractivity contribution in [2.45, 2.75) is 26.5 Å². The van der Waals surface area contributed by atoms with Gasteiger partial charge in [-0.15, -0.1) is 0 Å². The number of ether oxygens (including phenoxy) is 1. The Kier molecular flexibility index (Phi) is 5.80. The molecule has 3 nitrogen and oxygen atoms in total. The molecule has 16 heavy (non-hydrogen) atoms. The Bertz CT molecular complexity index is 331. The predicted octanol–water partition coefficient (Wildman–Crippen LogP) is 2.78. The van der Waals surface area contributed by atoms with Gasteiger partial charge < -0.3 is 15.2 Å². The van der Waals surface area contributed by atoms with E-state index in [0.29, 0.717) is 6.61 Å². The zero-order valence-corrected chi connectivity index (χ0v) is 11.3. The lowest BCUT2D eigenvalue weighted by Crippen LogP contribution is -2.22. The molecule has 1 unspecified atom stereocenters. The van der Waals surface area contributed by atoms with Crippen molar-refractivity contribution in [3.8, 4) is 0 Å². The van der Waals surface area contributed by atoms with E-state index in [-0.39, 0.29) is 12.6 Å². The van der Waals surface area contributed by atoms with Crippen LogP contribution >= 0.6 is 15.9 Å². The minimum absolute atomic E-state index is 0.0190. The fourth-order valence-corrected chi connectivity index (χ4v) is 1.95. The number of halogens is 1. The number of anilines is 1. The first-order valence-corrected chi connectivity index (χ1v) is 6.20. The van der Waals surface area contributed by atoms with Gasteiger partial charge in [0.15, 0.2) is 0 Å².